The van der Waals surface area contributed by atoms with Crippen LogP contribution in [0.2, 0.25) is 10.0 Å². The summed E-state index contributed by atoms with van der Waals surface area (Å²) < 4.78 is 0. The van der Waals surface area contributed by atoms with E-state index in [1.807, 2.05) is 19.2 Å². The summed E-state index contributed by atoms with van der Waals surface area (Å²) in [6, 6.07) is 5.67. The molecule has 2 rings (SSSR count). The van der Waals surface area contributed by atoms with E-state index in [1.165, 1.54) is 0 Å². The Labute approximate surface area is 119 Å². The van der Waals surface area contributed by atoms with Gasteiger partial charge in [-0.05, 0) is 31.5 Å². The van der Waals surface area contributed by atoms with Gasteiger partial charge in [0.1, 0.15) is 0 Å². The molecule has 4 heteroatoms. The van der Waals surface area contributed by atoms with Crippen LogP contribution < -0.4 is 0 Å². The number of benzene rings is 1. The van der Waals surface area contributed by atoms with Gasteiger partial charge in [0.25, 0.3) is 0 Å². The lowest BCUT2D eigenvalue weighted by atomic mass is 10.0. The molecule has 18 heavy (non-hydrogen) atoms. The van der Waals surface area contributed by atoms with Crippen LogP contribution in [-0.4, -0.2) is 29.2 Å². The van der Waals surface area contributed by atoms with Crippen molar-refractivity contribution in [3.63, 3.8) is 0 Å². The number of hydrogen-bond donors (Lipinski definition) is 1. The largest absolute Gasteiger partial charge is 0.389 e. The minimum atomic E-state index is -0.514. The fraction of sp³-hybridized carbons (Fsp3) is 0.571. The minimum absolute atomic E-state index is 0.514. The molecule has 1 aromatic carbocycles. The van der Waals surface area contributed by atoms with Crippen LogP contribution in [0.1, 0.15) is 31.2 Å². The maximum atomic E-state index is 10.4. The molecule has 2 nitrogen and oxygen atoms in total. The number of aliphatic hydroxyl groups is 1. The average Bonchev–Trinajstić information content (AvgIpc) is 2.71. The van der Waals surface area contributed by atoms with Crippen LogP contribution in [0.15, 0.2) is 18.2 Å². The second-order valence-corrected chi connectivity index (χ2v) is 6.10. The number of halogens is 2. The lowest BCUT2D eigenvalue weighted by Gasteiger charge is -2.28. The van der Waals surface area contributed by atoms with E-state index in [0.29, 0.717) is 23.1 Å². The molecule has 1 aliphatic carbocycles. The fourth-order valence-electron chi connectivity index (χ4n) is 2.71. The maximum Gasteiger partial charge on any atom is 0.0774 e. The Balaban J connectivity index is 1.98. The van der Waals surface area contributed by atoms with E-state index in [4.69, 9.17) is 23.2 Å². The number of rotatable bonds is 4. The van der Waals surface area contributed by atoms with Crippen molar-refractivity contribution in [2.75, 3.05) is 13.6 Å². The Morgan fingerprint density at radius 1 is 1.28 bits per heavy atom. The van der Waals surface area contributed by atoms with Crippen molar-refractivity contribution < 1.29 is 5.11 Å². The van der Waals surface area contributed by atoms with E-state index in [1.54, 1.807) is 6.07 Å². The zero-order valence-corrected chi connectivity index (χ0v) is 12.1. The Bertz CT molecular complexity index is 416. The second kappa shape index (κ2) is 5.79. The van der Waals surface area contributed by atoms with Crippen LogP contribution in [-0.2, 0) is 6.54 Å². The van der Waals surface area contributed by atoms with E-state index in [0.717, 1.165) is 31.2 Å². The molecule has 100 valence electrons. The summed E-state index contributed by atoms with van der Waals surface area (Å²) in [7, 11) is 2.01. The highest BCUT2D eigenvalue weighted by Crippen LogP contribution is 2.31. The molecule has 1 aromatic rings. The normalized spacial score (nSPS) is 18.5. The van der Waals surface area contributed by atoms with Crippen molar-refractivity contribution in [3.05, 3.63) is 33.8 Å². The van der Waals surface area contributed by atoms with Crippen molar-refractivity contribution in [1.82, 2.24) is 4.90 Å². The van der Waals surface area contributed by atoms with E-state index >= 15 is 0 Å². The van der Waals surface area contributed by atoms with E-state index in [-0.39, 0.29) is 0 Å². The van der Waals surface area contributed by atoms with Gasteiger partial charge in [-0.1, -0.05) is 48.2 Å². The molecule has 0 amide bonds. The van der Waals surface area contributed by atoms with Crippen molar-refractivity contribution in [2.24, 2.45) is 0 Å². The number of hydrogen-bond acceptors (Lipinski definition) is 2. The molecule has 0 aliphatic heterocycles. The summed E-state index contributed by atoms with van der Waals surface area (Å²) in [4.78, 5) is 2.11. The summed E-state index contributed by atoms with van der Waals surface area (Å²) in [5.74, 6) is 0. The zero-order chi connectivity index (χ0) is 13.2. The lowest BCUT2D eigenvalue weighted by Crippen LogP contribution is -2.38. The molecule has 0 spiro atoms. The standard InChI is InChI=1S/C14H19Cl2NO/c1-17(10-14(18)7-2-3-8-14)9-11-5-4-6-12(15)13(11)16/h4-6,18H,2-3,7-10H2,1H3. The molecule has 0 bridgehead atoms. The van der Waals surface area contributed by atoms with Crippen LogP contribution in [0.5, 0.6) is 0 Å². The van der Waals surface area contributed by atoms with Gasteiger partial charge in [0.05, 0.1) is 15.6 Å². The molecule has 1 N–H and O–H groups in total. The Morgan fingerprint density at radius 2 is 1.94 bits per heavy atom. The molecule has 1 fully saturated rings. The molecule has 0 unspecified atom stereocenters. The summed E-state index contributed by atoms with van der Waals surface area (Å²) in [6.45, 7) is 1.40. The predicted molar refractivity (Wildman–Crippen MR) is 76.2 cm³/mol. The van der Waals surface area contributed by atoms with Gasteiger partial charge in [-0.3, -0.25) is 4.90 Å². The molecule has 0 atom stereocenters. The summed E-state index contributed by atoms with van der Waals surface area (Å²) in [5.41, 5.74) is 0.494. The third-order valence-corrected chi connectivity index (χ3v) is 4.43. The first-order valence-electron chi connectivity index (χ1n) is 6.34. The van der Waals surface area contributed by atoms with Crippen molar-refractivity contribution in [3.8, 4) is 0 Å². The Hall–Kier alpha value is -0.280. The SMILES string of the molecule is CN(Cc1cccc(Cl)c1Cl)CC1(O)CCCC1. The van der Waals surface area contributed by atoms with Gasteiger partial charge >= 0.3 is 0 Å². The second-order valence-electron chi connectivity index (χ2n) is 5.32. The maximum absolute atomic E-state index is 10.4. The Kier molecular flexibility index (Phi) is 4.54. The van der Waals surface area contributed by atoms with Gasteiger partial charge in [-0.25, -0.2) is 0 Å². The molecule has 0 saturated heterocycles. The molecular formula is C14H19Cl2NO. The monoisotopic (exact) mass is 287 g/mol. The van der Waals surface area contributed by atoms with Crippen LogP contribution in [0.25, 0.3) is 0 Å². The molecule has 0 radical (unpaired) electrons. The van der Waals surface area contributed by atoms with Crippen LogP contribution in [0.3, 0.4) is 0 Å². The molecule has 1 saturated carbocycles. The van der Waals surface area contributed by atoms with Gasteiger partial charge in [0, 0.05) is 13.1 Å². The van der Waals surface area contributed by atoms with Crippen molar-refractivity contribution >= 4 is 23.2 Å². The predicted octanol–water partition coefficient (Wildman–Crippen LogP) is 3.73. The lowest BCUT2D eigenvalue weighted by molar-refractivity contribution is 0.0145. The molecule has 1 aliphatic rings. The van der Waals surface area contributed by atoms with Gasteiger partial charge in [-0.2, -0.15) is 0 Å². The minimum Gasteiger partial charge on any atom is -0.389 e. The fourth-order valence-corrected chi connectivity index (χ4v) is 3.09. The van der Waals surface area contributed by atoms with Crippen molar-refractivity contribution in [2.45, 2.75) is 37.8 Å². The topological polar surface area (TPSA) is 23.5 Å². The highest BCUT2D eigenvalue weighted by molar-refractivity contribution is 6.42. The van der Waals surface area contributed by atoms with E-state index in [2.05, 4.69) is 4.90 Å². The molecular weight excluding hydrogens is 269 g/mol. The summed E-state index contributed by atoms with van der Waals surface area (Å²) >= 11 is 12.2. The summed E-state index contributed by atoms with van der Waals surface area (Å²) in [6.07, 6.45) is 4.06. The van der Waals surface area contributed by atoms with Crippen LogP contribution in [0, 0.1) is 0 Å². The first-order chi connectivity index (χ1) is 8.50. The van der Waals surface area contributed by atoms with E-state index in [9.17, 15) is 5.11 Å². The average molecular weight is 288 g/mol. The van der Waals surface area contributed by atoms with Gasteiger partial charge < -0.3 is 5.11 Å². The smallest absolute Gasteiger partial charge is 0.0774 e. The molecule has 0 heterocycles. The first-order valence-corrected chi connectivity index (χ1v) is 7.10. The third-order valence-electron chi connectivity index (χ3n) is 3.57. The van der Waals surface area contributed by atoms with Gasteiger partial charge in [0.2, 0.25) is 0 Å². The van der Waals surface area contributed by atoms with Crippen LogP contribution in [0.4, 0.5) is 0 Å². The summed E-state index contributed by atoms with van der Waals surface area (Å²) in [5, 5.41) is 11.6. The quantitative estimate of drug-likeness (QED) is 0.912. The molecule has 0 aromatic heterocycles. The van der Waals surface area contributed by atoms with Crippen molar-refractivity contribution in [1.29, 1.82) is 0 Å². The highest BCUT2D eigenvalue weighted by Gasteiger charge is 2.32. The third kappa shape index (κ3) is 3.39. The van der Waals surface area contributed by atoms with Gasteiger partial charge in [-0.15, -0.1) is 0 Å². The zero-order valence-electron chi connectivity index (χ0n) is 10.6. The van der Waals surface area contributed by atoms with E-state index < -0.39 is 5.60 Å². The first kappa shape index (κ1) is 14.1. The highest BCUT2D eigenvalue weighted by atomic mass is 35.5. The van der Waals surface area contributed by atoms with Gasteiger partial charge in [0.15, 0.2) is 0 Å². The Morgan fingerprint density at radius 3 is 2.61 bits per heavy atom. The number of nitrogens with zero attached hydrogens (tertiary/aromatic N) is 1. The number of likely N-dealkylation sites (N-methyl/N-ethyl adjacent to an activating group) is 1. The van der Waals surface area contributed by atoms with Crippen LogP contribution >= 0.6 is 23.2 Å².